The SMILES string of the molecule is CCC(C)N1CCN(C(=O)COc2ccccc2)CC1. The summed E-state index contributed by atoms with van der Waals surface area (Å²) < 4.78 is 5.51. The van der Waals surface area contributed by atoms with Gasteiger partial charge < -0.3 is 9.64 Å². The third kappa shape index (κ3) is 3.97. The van der Waals surface area contributed by atoms with Crippen molar-refractivity contribution in [2.45, 2.75) is 26.3 Å². The number of hydrogen-bond acceptors (Lipinski definition) is 3. The first kappa shape index (κ1) is 14.9. The summed E-state index contributed by atoms with van der Waals surface area (Å²) >= 11 is 0. The molecule has 110 valence electrons. The van der Waals surface area contributed by atoms with E-state index in [1.807, 2.05) is 35.2 Å². The number of carbonyl (C=O) groups is 1. The van der Waals surface area contributed by atoms with Crippen LogP contribution in [-0.2, 0) is 4.79 Å². The Kier molecular flexibility index (Phi) is 5.41. The van der Waals surface area contributed by atoms with Crippen molar-refractivity contribution in [2.24, 2.45) is 0 Å². The van der Waals surface area contributed by atoms with Crippen LogP contribution in [0.4, 0.5) is 0 Å². The maximum absolute atomic E-state index is 12.1. The summed E-state index contributed by atoms with van der Waals surface area (Å²) in [5.74, 6) is 0.830. The third-order valence-electron chi connectivity index (χ3n) is 3.99. The maximum atomic E-state index is 12.1. The number of rotatable bonds is 5. The first-order valence-electron chi connectivity index (χ1n) is 7.40. The summed E-state index contributed by atoms with van der Waals surface area (Å²) in [6, 6.07) is 10.1. The van der Waals surface area contributed by atoms with Gasteiger partial charge in [-0.3, -0.25) is 9.69 Å². The number of amides is 1. The van der Waals surface area contributed by atoms with Crippen molar-refractivity contribution in [2.75, 3.05) is 32.8 Å². The molecule has 0 N–H and O–H groups in total. The smallest absolute Gasteiger partial charge is 0.260 e. The fourth-order valence-electron chi connectivity index (χ4n) is 2.42. The van der Waals surface area contributed by atoms with E-state index < -0.39 is 0 Å². The van der Waals surface area contributed by atoms with Crippen LogP contribution in [0.5, 0.6) is 5.75 Å². The highest BCUT2D eigenvalue weighted by Crippen LogP contribution is 2.11. The predicted octanol–water partition coefficient (Wildman–Crippen LogP) is 2.01. The molecule has 1 aliphatic heterocycles. The minimum atomic E-state index is 0.0812. The second-order valence-corrected chi connectivity index (χ2v) is 5.28. The molecule has 2 rings (SSSR count). The molecule has 4 heteroatoms. The second kappa shape index (κ2) is 7.29. The summed E-state index contributed by atoms with van der Waals surface area (Å²) in [6.07, 6.45) is 1.16. The molecular weight excluding hydrogens is 252 g/mol. The van der Waals surface area contributed by atoms with Crippen molar-refractivity contribution >= 4 is 5.91 Å². The monoisotopic (exact) mass is 276 g/mol. The molecule has 0 saturated carbocycles. The molecule has 1 aliphatic rings. The normalized spacial score (nSPS) is 17.8. The van der Waals surface area contributed by atoms with Crippen LogP contribution in [-0.4, -0.2) is 54.5 Å². The largest absolute Gasteiger partial charge is 0.484 e. The number of ether oxygens (including phenoxy) is 1. The number of benzene rings is 1. The van der Waals surface area contributed by atoms with E-state index in [9.17, 15) is 4.79 Å². The summed E-state index contributed by atoms with van der Waals surface area (Å²) in [5, 5.41) is 0. The molecule has 1 amide bonds. The van der Waals surface area contributed by atoms with Crippen LogP contribution in [0.1, 0.15) is 20.3 Å². The number of nitrogens with zero attached hydrogens (tertiary/aromatic N) is 2. The van der Waals surface area contributed by atoms with Crippen LogP contribution in [0, 0.1) is 0 Å². The highest BCUT2D eigenvalue weighted by Gasteiger charge is 2.23. The number of hydrogen-bond donors (Lipinski definition) is 0. The molecule has 1 saturated heterocycles. The highest BCUT2D eigenvalue weighted by atomic mass is 16.5. The standard InChI is InChI=1S/C16H24N2O2/c1-3-14(2)17-9-11-18(12-10-17)16(19)13-20-15-7-5-4-6-8-15/h4-8,14H,3,9-13H2,1-2H3. The summed E-state index contributed by atoms with van der Waals surface area (Å²) in [4.78, 5) is 16.5. The van der Waals surface area contributed by atoms with Gasteiger partial charge >= 0.3 is 0 Å². The number of carbonyl (C=O) groups excluding carboxylic acids is 1. The van der Waals surface area contributed by atoms with E-state index in [1.165, 1.54) is 0 Å². The Labute approximate surface area is 121 Å². The molecule has 4 nitrogen and oxygen atoms in total. The fourth-order valence-corrected chi connectivity index (χ4v) is 2.42. The van der Waals surface area contributed by atoms with Crippen LogP contribution in [0.2, 0.25) is 0 Å². The molecule has 0 aromatic heterocycles. The van der Waals surface area contributed by atoms with Gasteiger partial charge in [0.1, 0.15) is 5.75 Å². The Hall–Kier alpha value is -1.55. The summed E-state index contributed by atoms with van der Waals surface area (Å²) in [7, 11) is 0. The minimum Gasteiger partial charge on any atom is -0.484 e. The fraction of sp³-hybridized carbons (Fsp3) is 0.562. The average Bonchev–Trinajstić information content (AvgIpc) is 2.53. The van der Waals surface area contributed by atoms with Crippen LogP contribution in [0.3, 0.4) is 0 Å². The van der Waals surface area contributed by atoms with Crippen LogP contribution < -0.4 is 4.74 Å². The summed E-state index contributed by atoms with van der Waals surface area (Å²) in [5.41, 5.74) is 0. The Morgan fingerprint density at radius 2 is 1.85 bits per heavy atom. The maximum Gasteiger partial charge on any atom is 0.260 e. The van der Waals surface area contributed by atoms with Gasteiger partial charge in [0.25, 0.3) is 5.91 Å². The van der Waals surface area contributed by atoms with Crippen molar-refractivity contribution in [1.82, 2.24) is 9.80 Å². The third-order valence-corrected chi connectivity index (χ3v) is 3.99. The molecule has 1 aromatic carbocycles. The van der Waals surface area contributed by atoms with Crippen molar-refractivity contribution in [3.8, 4) is 5.75 Å². The highest BCUT2D eigenvalue weighted by molar-refractivity contribution is 5.77. The molecule has 0 spiro atoms. The van der Waals surface area contributed by atoms with Crippen molar-refractivity contribution in [3.63, 3.8) is 0 Å². The van der Waals surface area contributed by atoms with Gasteiger partial charge in [-0.25, -0.2) is 0 Å². The molecule has 1 unspecified atom stereocenters. The van der Waals surface area contributed by atoms with Gasteiger partial charge in [0.2, 0.25) is 0 Å². The van der Waals surface area contributed by atoms with E-state index in [4.69, 9.17) is 4.74 Å². The van der Waals surface area contributed by atoms with E-state index in [1.54, 1.807) is 0 Å². The van der Waals surface area contributed by atoms with Gasteiger partial charge in [-0.1, -0.05) is 25.1 Å². The molecule has 1 heterocycles. The van der Waals surface area contributed by atoms with Crippen LogP contribution >= 0.6 is 0 Å². The molecule has 1 aromatic rings. The van der Waals surface area contributed by atoms with E-state index in [0.717, 1.165) is 38.3 Å². The molecule has 1 fully saturated rings. The van der Waals surface area contributed by atoms with Gasteiger partial charge in [0.05, 0.1) is 0 Å². The molecule has 20 heavy (non-hydrogen) atoms. The zero-order valence-electron chi connectivity index (χ0n) is 12.4. The first-order chi connectivity index (χ1) is 9.70. The lowest BCUT2D eigenvalue weighted by Gasteiger charge is -2.37. The lowest BCUT2D eigenvalue weighted by Crippen LogP contribution is -2.52. The molecule has 0 radical (unpaired) electrons. The van der Waals surface area contributed by atoms with Crippen LogP contribution in [0.15, 0.2) is 30.3 Å². The Bertz CT molecular complexity index is 414. The Morgan fingerprint density at radius 1 is 1.20 bits per heavy atom. The lowest BCUT2D eigenvalue weighted by molar-refractivity contribution is -0.135. The topological polar surface area (TPSA) is 32.8 Å². The van der Waals surface area contributed by atoms with E-state index in [-0.39, 0.29) is 12.5 Å². The second-order valence-electron chi connectivity index (χ2n) is 5.28. The zero-order valence-corrected chi connectivity index (χ0v) is 12.4. The Balaban J connectivity index is 1.75. The lowest BCUT2D eigenvalue weighted by atomic mass is 10.2. The van der Waals surface area contributed by atoms with Gasteiger partial charge in [-0.2, -0.15) is 0 Å². The quantitative estimate of drug-likeness (QED) is 0.824. The Morgan fingerprint density at radius 3 is 2.45 bits per heavy atom. The zero-order chi connectivity index (χ0) is 14.4. The van der Waals surface area contributed by atoms with E-state index >= 15 is 0 Å². The molecule has 0 bridgehead atoms. The van der Waals surface area contributed by atoms with Gasteiger partial charge in [-0.15, -0.1) is 0 Å². The number of piperazine rings is 1. The molecular formula is C16H24N2O2. The summed E-state index contributed by atoms with van der Waals surface area (Å²) in [6.45, 7) is 8.13. The molecule has 1 atom stereocenters. The first-order valence-corrected chi connectivity index (χ1v) is 7.40. The van der Waals surface area contributed by atoms with E-state index in [2.05, 4.69) is 18.7 Å². The predicted molar refractivity (Wildman–Crippen MR) is 79.8 cm³/mol. The van der Waals surface area contributed by atoms with Crippen LogP contribution in [0.25, 0.3) is 0 Å². The number of para-hydroxylation sites is 1. The van der Waals surface area contributed by atoms with Gasteiger partial charge in [0.15, 0.2) is 6.61 Å². The van der Waals surface area contributed by atoms with Crippen molar-refractivity contribution in [1.29, 1.82) is 0 Å². The molecule has 0 aliphatic carbocycles. The van der Waals surface area contributed by atoms with Crippen molar-refractivity contribution in [3.05, 3.63) is 30.3 Å². The minimum absolute atomic E-state index is 0.0812. The van der Waals surface area contributed by atoms with E-state index in [0.29, 0.717) is 6.04 Å². The average molecular weight is 276 g/mol. The van der Waals surface area contributed by atoms with Crippen molar-refractivity contribution < 1.29 is 9.53 Å². The van der Waals surface area contributed by atoms with Gasteiger partial charge in [-0.05, 0) is 25.5 Å². The van der Waals surface area contributed by atoms with Gasteiger partial charge in [0, 0.05) is 32.2 Å².